The van der Waals surface area contributed by atoms with Crippen molar-refractivity contribution in [2.45, 2.75) is 33.6 Å². The summed E-state index contributed by atoms with van der Waals surface area (Å²) < 4.78 is 0. The molecule has 0 spiro atoms. The van der Waals surface area contributed by atoms with Gasteiger partial charge in [-0.2, -0.15) is 0 Å². The van der Waals surface area contributed by atoms with Crippen LogP contribution >= 0.6 is 33.2 Å². The number of hydrogen-bond donors (Lipinski definition) is 0. The van der Waals surface area contributed by atoms with E-state index in [1.807, 2.05) is 0 Å². The Morgan fingerprint density at radius 3 is 2.00 bits per heavy atom. The van der Waals surface area contributed by atoms with Gasteiger partial charge < -0.3 is 0 Å². The van der Waals surface area contributed by atoms with E-state index in [1.54, 1.807) is 0 Å². The first-order valence-electron chi connectivity index (χ1n) is 4.57. The van der Waals surface area contributed by atoms with Gasteiger partial charge in [0.1, 0.15) is 0 Å². The summed E-state index contributed by atoms with van der Waals surface area (Å²) in [4.78, 5) is 0. The molecular weight excluding hydrogens is 290 g/mol. The molecule has 0 saturated carbocycles. The molecule has 0 saturated heterocycles. The van der Waals surface area contributed by atoms with E-state index >= 15 is 0 Å². The van der Waals surface area contributed by atoms with E-state index in [0.717, 1.165) is 12.8 Å². The van der Waals surface area contributed by atoms with E-state index in [4.69, 9.17) is 0 Å². The molecule has 13 heavy (non-hydrogen) atoms. The molecule has 0 aliphatic carbocycles. The second-order valence-corrected chi connectivity index (χ2v) is 3.76. The molecule has 1 aromatic rings. The quantitative estimate of drug-likeness (QED) is 0.581. The fourth-order valence-electron chi connectivity index (χ4n) is 1.74. The maximum absolute atomic E-state index is 2.82. The van der Waals surface area contributed by atoms with Gasteiger partial charge in [0.15, 0.2) is 0 Å². The minimum absolute atomic E-state index is 0. The summed E-state index contributed by atoms with van der Waals surface area (Å²) in [6.45, 7) is 6.65. The summed E-state index contributed by atoms with van der Waals surface area (Å²) in [6, 6.07) is 4.40. The predicted molar refractivity (Wildman–Crippen MR) is 74.7 cm³/mol. The van der Waals surface area contributed by atoms with E-state index in [-0.39, 0.29) is 24.0 Å². The first-order valence-corrected chi connectivity index (χ1v) is 5.15. The molecular formula is C11H18IP. The second kappa shape index (κ2) is 5.98. The monoisotopic (exact) mass is 308 g/mol. The summed E-state index contributed by atoms with van der Waals surface area (Å²) in [7, 11) is 2.82. The Morgan fingerprint density at radius 1 is 1.08 bits per heavy atom. The third-order valence-corrected chi connectivity index (χ3v) is 2.95. The van der Waals surface area contributed by atoms with Gasteiger partial charge in [-0.3, -0.25) is 0 Å². The Kier molecular flexibility index (Phi) is 6.15. The highest BCUT2D eigenvalue weighted by atomic mass is 127. The molecule has 1 rings (SSSR count). The molecule has 0 fully saturated rings. The van der Waals surface area contributed by atoms with Crippen LogP contribution in [0.3, 0.4) is 0 Å². The minimum Gasteiger partial charge on any atom is -0.107 e. The van der Waals surface area contributed by atoms with Crippen LogP contribution in [0.15, 0.2) is 12.1 Å². The van der Waals surface area contributed by atoms with Crippen molar-refractivity contribution in [1.82, 2.24) is 0 Å². The van der Waals surface area contributed by atoms with Crippen molar-refractivity contribution in [2.24, 2.45) is 0 Å². The van der Waals surface area contributed by atoms with Crippen LogP contribution in [-0.2, 0) is 12.8 Å². The summed E-state index contributed by atoms with van der Waals surface area (Å²) >= 11 is 0. The Hall–Kier alpha value is 0.380. The minimum atomic E-state index is 0. The first kappa shape index (κ1) is 13.4. The molecule has 0 aliphatic rings. The summed E-state index contributed by atoms with van der Waals surface area (Å²) in [5, 5.41) is 1.36. The zero-order valence-corrected chi connectivity index (χ0v) is 12.0. The van der Waals surface area contributed by atoms with Gasteiger partial charge in [0.2, 0.25) is 0 Å². The van der Waals surface area contributed by atoms with E-state index in [2.05, 4.69) is 42.1 Å². The lowest BCUT2D eigenvalue weighted by Crippen LogP contribution is -2.06. The average Bonchev–Trinajstić information content (AvgIpc) is 2.08. The van der Waals surface area contributed by atoms with Crippen molar-refractivity contribution in [3.05, 3.63) is 28.8 Å². The Balaban J connectivity index is 0.00000144. The molecule has 0 radical (unpaired) electrons. The van der Waals surface area contributed by atoms with Crippen LogP contribution in [0, 0.1) is 6.92 Å². The third kappa shape index (κ3) is 2.92. The number of halogens is 1. The first-order chi connectivity index (χ1) is 5.70. The van der Waals surface area contributed by atoms with Gasteiger partial charge in [-0.15, -0.1) is 33.2 Å². The third-order valence-electron chi connectivity index (χ3n) is 2.41. The van der Waals surface area contributed by atoms with E-state index in [0.29, 0.717) is 0 Å². The lowest BCUT2D eigenvalue weighted by atomic mass is 9.98. The van der Waals surface area contributed by atoms with Gasteiger partial charge in [0.25, 0.3) is 0 Å². The van der Waals surface area contributed by atoms with Crippen LogP contribution in [0.5, 0.6) is 0 Å². The summed E-state index contributed by atoms with van der Waals surface area (Å²) in [6.07, 6.45) is 2.29. The van der Waals surface area contributed by atoms with Crippen LogP contribution in [0.4, 0.5) is 0 Å². The molecule has 1 atom stereocenters. The molecule has 0 nitrogen and oxygen atoms in total. The van der Waals surface area contributed by atoms with Crippen molar-refractivity contribution in [3.8, 4) is 0 Å². The highest BCUT2D eigenvalue weighted by molar-refractivity contribution is 14.0. The molecule has 0 amide bonds. The number of rotatable bonds is 2. The van der Waals surface area contributed by atoms with Crippen molar-refractivity contribution in [1.29, 1.82) is 0 Å². The van der Waals surface area contributed by atoms with Gasteiger partial charge in [-0.1, -0.05) is 26.0 Å². The average molecular weight is 308 g/mol. The van der Waals surface area contributed by atoms with Crippen LogP contribution in [-0.4, -0.2) is 0 Å². The van der Waals surface area contributed by atoms with Crippen LogP contribution in [0.2, 0.25) is 0 Å². The standard InChI is InChI=1S/C11H17P.HI/c1-4-9-8(3)6-7-11(12)10(9)5-2;/h6-7H,4-5,12H2,1-3H3;1H. The topological polar surface area (TPSA) is 0 Å². The highest BCUT2D eigenvalue weighted by Gasteiger charge is 2.04. The van der Waals surface area contributed by atoms with Gasteiger partial charge in [-0.05, 0) is 41.8 Å². The molecule has 2 heteroatoms. The Bertz CT molecular complexity index is 253. The van der Waals surface area contributed by atoms with Gasteiger partial charge in [0, 0.05) is 0 Å². The number of hydrogen-bond acceptors (Lipinski definition) is 0. The van der Waals surface area contributed by atoms with Gasteiger partial charge >= 0.3 is 0 Å². The molecule has 0 N–H and O–H groups in total. The maximum Gasteiger partial charge on any atom is -0.0268 e. The Morgan fingerprint density at radius 2 is 1.62 bits per heavy atom. The van der Waals surface area contributed by atoms with Crippen molar-refractivity contribution in [2.75, 3.05) is 0 Å². The summed E-state index contributed by atoms with van der Waals surface area (Å²) in [5.74, 6) is 0. The van der Waals surface area contributed by atoms with E-state index < -0.39 is 0 Å². The van der Waals surface area contributed by atoms with E-state index in [9.17, 15) is 0 Å². The predicted octanol–water partition coefficient (Wildman–Crippen LogP) is 3.24. The molecule has 0 aliphatic heterocycles. The molecule has 0 aromatic heterocycles. The maximum atomic E-state index is 2.82. The SMILES string of the molecule is CCc1c(C)ccc(P)c1CC.I. The number of benzene rings is 1. The second-order valence-electron chi connectivity index (χ2n) is 3.14. The molecule has 0 bridgehead atoms. The zero-order chi connectivity index (χ0) is 9.14. The van der Waals surface area contributed by atoms with Crippen molar-refractivity contribution < 1.29 is 0 Å². The smallest absolute Gasteiger partial charge is 0.0268 e. The van der Waals surface area contributed by atoms with Crippen LogP contribution in [0.1, 0.15) is 30.5 Å². The lowest BCUT2D eigenvalue weighted by Gasteiger charge is -2.11. The van der Waals surface area contributed by atoms with Gasteiger partial charge in [-0.25, -0.2) is 0 Å². The normalized spacial score (nSPS) is 9.54. The molecule has 74 valence electrons. The summed E-state index contributed by atoms with van der Waals surface area (Å²) in [5.41, 5.74) is 4.48. The fourth-order valence-corrected chi connectivity index (χ4v) is 2.21. The zero-order valence-electron chi connectivity index (χ0n) is 8.55. The number of aryl methyl sites for hydroxylation is 1. The van der Waals surface area contributed by atoms with Gasteiger partial charge in [0.05, 0.1) is 0 Å². The van der Waals surface area contributed by atoms with Crippen molar-refractivity contribution in [3.63, 3.8) is 0 Å². The highest BCUT2D eigenvalue weighted by Crippen LogP contribution is 2.15. The lowest BCUT2D eigenvalue weighted by molar-refractivity contribution is 1.03. The fraction of sp³-hybridized carbons (Fsp3) is 0.455. The van der Waals surface area contributed by atoms with Crippen LogP contribution < -0.4 is 5.30 Å². The molecule has 0 heterocycles. The molecule has 1 aromatic carbocycles. The van der Waals surface area contributed by atoms with E-state index in [1.165, 1.54) is 22.0 Å². The van der Waals surface area contributed by atoms with Crippen molar-refractivity contribution >= 4 is 38.5 Å². The Labute approximate surface area is 101 Å². The van der Waals surface area contributed by atoms with Crippen LogP contribution in [0.25, 0.3) is 0 Å². The largest absolute Gasteiger partial charge is 0.107 e. The molecule has 1 unspecified atom stereocenters.